The summed E-state index contributed by atoms with van der Waals surface area (Å²) in [4.78, 5) is 4.30. The molecule has 0 spiro atoms. The van der Waals surface area contributed by atoms with Gasteiger partial charge in [-0.05, 0) is 41.5 Å². The molecule has 2 N–H and O–H groups in total. The van der Waals surface area contributed by atoms with E-state index in [2.05, 4.69) is 4.98 Å². The molecule has 0 aliphatic carbocycles. The van der Waals surface area contributed by atoms with Gasteiger partial charge in [0.1, 0.15) is 5.82 Å². The Labute approximate surface area is 117 Å². The molecule has 2 aromatic rings. The van der Waals surface area contributed by atoms with E-state index in [-0.39, 0.29) is 11.9 Å². The van der Waals surface area contributed by atoms with Crippen molar-refractivity contribution in [2.45, 2.75) is 18.9 Å². The molecule has 2 heterocycles. The molecular weight excluding hydrogens is 348 g/mol. The predicted molar refractivity (Wildman–Crippen MR) is 75.9 cm³/mol. The topological polar surface area (TPSA) is 53.1 Å². The highest BCUT2D eigenvalue weighted by molar-refractivity contribution is 14.1. The number of halogens is 2. The van der Waals surface area contributed by atoms with Crippen molar-refractivity contribution in [1.29, 1.82) is 0 Å². The van der Waals surface area contributed by atoms with Crippen LogP contribution in [0.1, 0.15) is 18.9 Å². The van der Waals surface area contributed by atoms with E-state index in [4.69, 9.17) is 10.5 Å². The highest BCUT2D eigenvalue weighted by atomic mass is 127. The number of hydrogen-bond acceptors (Lipinski definition) is 3. The molecule has 1 atom stereocenters. The smallest absolute Gasteiger partial charge is 0.201 e. The zero-order valence-corrected chi connectivity index (χ0v) is 11.9. The molecular formula is C12H13FIN3O. The summed E-state index contributed by atoms with van der Waals surface area (Å²) in [5, 5.41) is 0. The van der Waals surface area contributed by atoms with Gasteiger partial charge in [-0.25, -0.2) is 9.37 Å². The number of rotatable bonds is 1. The van der Waals surface area contributed by atoms with E-state index >= 15 is 0 Å². The largest absolute Gasteiger partial charge is 0.379 e. The lowest BCUT2D eigenvalue weighted by atomic mass is 10.1. The fourth-order valence-corrected chi connectivity index (χ4v) is 2.87. The van der Waals surface area contributed by atoms with Crippen LogP contribution < -0.4 is 5.73 Å². The van der Waals surface area contributed by atoms with Gasteiger partial charge in [0.05, 0.1) is 27.3 Å². The summed E-state index contributed by atoms with van der Waals surface area (Å²) in [7, 11) is 0. The number of nitrogens with zero attached hydrogens (tertiary/aromatic N) is 2. The van der Waals surface area contributed by atoms with Gasteiger partial charge in [0.2, 0.25) is 5.95 Å². The van der Waals surface area contributed by atoms with Crippen molar-refractivity contribution in [3.05, 3.63) is 21.5 Å². The van der Waals surface area contributed by atoms with Gasteiger partial charge >= 0.3 is 0 Å². The Balaban J connectivity index is 2.15. The lowest BCUT2D eigenvalue weighted by Gasteiger charge is -2.24. The van der Waals surface area contributed by atoms with E-state index in [1.54, 1.807) is 6.07 Å². The molecule has 0 amide bonds. The number of nitrogens with two attached hydrogens (primary N) is 1. The van der Waals surface area contributed by atoms with E-state index in [1.807, 2.05) is 27.2 Å². The van der Waals surface area contributed by atoms with Crippen LogP contribution >= 0.6 is 22.6 Å². The number of anilines is 1. The van der Waals surface area contributed by atoms with E-state index in [9.17, 15) is 4.39 Å². The van der Waals surface area contributed by atoms with Crippen LogP contribution in [-0.4, -0.2) is 22.8 Å². The molecule has 6 heteroatoms. The van der Waals surface area contributed by atoms with Gasteiger partial charge in [0.25, 0.3) is 0 Å². The Bertz CT molecular complexity index is 593. The third-order valence-corrected chi connectivity index (χ3v) is 4.09. The van der Waals surface area contributed by atoms with Crippen molar-refractivity contribution >= 4 is 39.6 Å². The molecule has 0 radical (unpaired) electrons. The molecule has 1 fully saturated rings. The molecule has 18 heavy (non-hydrogen) atoms. The molecule has 0 bridgehead atoms. The number of fused-ring (bicyclic) bond motifs is 1. The number of hydrogen-bond donors (Lipinski definition) is 1. The van der Waals surface area contributed by atoms with Crippen LogP contribution in [0.3, 0.4) is 0 Å². The molecule has 1 aliphatic heterocycles. The monoisotopic (exact) mass is 361 g/mol. The summed E-state index contributed by atoms with van der Waals surface area (Å²) in [5.74, 6) is 0.197. The lowest BCUT2D eigenvalue weighted by Crippen LogP contribution is -2.22. The van der Waals surface area contributed by atoms with Gasteiger partial charge in [-0.3, -0.25) is 0 Å². The Morgan fingerprint density at radius 1 is 1.50 bits per heavy atom. The van der Waals surface area contributed by atoms with E-state index < -0.39 is 0 Å². The minimum atomic E-state index is -0.235. The first-order chi connectivity index (χ1) is 8.66. The van der Waals surface area contributed by atoms with Crippen LogP contribution in [0.4, 0.5) is 10.3 Å². The van der Waals surface area contributed by atoms with Gasteiger partial charge in [0.15, 0.2) is 0 Å². The summed E-state index contributed by atoms with van der Waals surface area (Å²) in [6.07, 6.45) is 1.99. The minimum absolute atomic E-state index is 0.156. The second-order valence-corrected chi connectivity index (χ2v) is 5.63. The van der Waals surface area contributed by atoms with E-state index in [0.717, 1.165) is 30.5 Å². The first-order valence-corrected chi connectivity index (χ1v) is 6.95. The van der Waals surface area contributed by atoms with Crippen LogP contribution in [0, 0.1) is 9.39 Å². The van der Waals surface area contributed by atoms with Gasteiger partial charge < -0.3 is 15.0 Å². The Kier molecular flexibility index (Phi) is 3.14. The second-order valence-electron chi connectivity index (χ2n) is 4.47. The average Bonchev–Trinajstić information content (AvgIpc) is 2.66. The van der Waals surface area contributed by atoms with Crippen LogP contribution in [0.2, 0.25) is 0 Å². The highest BCUT2D eigenvalue weighted by Crippen LogP contribution is 2.29. The molecule has 1 unspecified atom stereocenters. The maximum atomic E-state index is 13.7. The zero-order valence-electron chi connectivity index (χ0n) is 9.70. The molecule has 3 rings (SSSR count). The van der Waals surface area contributed by atoms with Crippen LogP contribution in [-0.2, 0) is 4.74 Å². The van der Waals surface area contributed by atoms with Gasteiger partial charge in [0, 0.05) is 12.7 Å². The first kappa shape index (κ1) is 12.2. The summed E-state index contributed by atoms with van der Waals surface area (Å²) in [6, 6.07) is 3.39. The molecule has 1 saturated heterocycles. The number of aromatic nitrogens is 2. The minimum Gasteiger partial charge on any atom is -0.379 e. The number of imidazole rings is 1. The van der Waals surface area contributed by atoms with Crippen LogP contribution in [0.25, 0.3) is 11.0 Å². The van der Waals surface area contributed by atoms with Crippen LogP contribution in [0.15, 0.2) is 12.1 Å². The molecule has 96 valence electrons. The third-order valence-electron chi connectivity index (χ3n) is 3.26. The highest BCUT2D eigenvalue weighted by Gasteiger charge is 2.21. The van der Waals surface area contributed by atoms with Crippen molar-refractivity contribution in [2.24, 2.45) is 0 Å². The van der Waals surface area contributed by atoms with E-state index in [0.29, 0.717) is 16.1 Å². The van der Waals surface area contributed by atoms with Gasteiger partial charge in [-0.1, -0.05) is 0 Å². The predicted octanol–water partition coefficient (Wildman–Crippen LogP) is 2.71. The number of benzene rings is 1. The number of ether oxygens (including phenoxy) is 1. The Morgan fingerprint density at radius 3 is 3.06 bits per heavy atom. The maximum Gasteiger partial charge on any atom is 0.201 e. The maximum absolute atomic E-state index is 13.7. The Hall–Kier alpha value is -0.890. The summed E-state index contributed by atoms with van der Waals surface area (Å²) in [6.45, 7) is 1.40. The first-order valence-electron chi connectivity index (χ1n) is 5.87. The zero-order chi connectivity index (χ0) is 12.7. The van der Waals surface area contributed by atoms with Gasteiger partial charge in [-0.2, -0.15) is 0 Å². The van der Waals surface area contributed by atoms with Crippen molar-refractivity contribution < 1.29 is 9.13 Å². The summed E-state index contributed by atoms with van der Waals surface area (Å²) >= 11 is 1.96. The third kappa shape index (κ3) is 1.97. The SMILES string of the molecule is Nc1nc2cc(I)c(F)cc2n1C1CCCOC1. The van der Waals surface area contributed by atoms with Gasteiger partial charge in [-0.15, -0.1) is 0 Å². The van der Waals surface area contributed by atoms with Crippen molar-refractivity contribution in [3.8, 4) is 0 Å². The van der Waals surface area contributed by atoms with Crippen molar-refractivity contribution in [3.63, 3.8) is 0 Å². The molecule has 1 aromatic carbocycles. The van der Waals surface area contributed by atoms with Crippen molar-refractivity contribution in [2.75, 3.05) is 18.9 Å². The standard InChI is InChI=1S/C12H13FIN3O/c13-8-4-11-10(5-9(8)14)16-12(15)17(11)7-2-1-3-18-6-7/h4-5,7H,1-3,6H2,(H2,15,16). The molecule has 1 aliphatic rings. The normalized spacial score (nSPS) is 20.4. The quantitative estimate of drug-likeness (QED) is 0.795. The Morgan fingerprint density at radius 2 is 2.33 bits per heavy atom. The molecule has 0 saturated carbocycles. The average molecular weight is 361 g/mol. The molecule has 4 nitrogen and oxygen atoms in total. The molecule has 1 aromatic heterocycles. The number of nitrogen functional groups attached to an aromatic ring is 1. The fraction of sp³-hybridized carbons (Fsp3) is 0.417. The fourth-order valence-electron chi connectivity index (χ4n) is 2.42. The second kappa shape index (κ2) is 4.65. The van der Waals surface area contributed by atoms with E-state index in [1.165, 1.54) is 6.07 Å². The summed E-state index contributed by atoms with van der Waals surface area (Å²) < 4.78 is 21.6. The van der Waals surface area contributed by atoms with Crippen LogP contribution in [0.5, 0.6) is 0 Å². The lowest BCUT2D eigenvalue weighted by molar-refractivity contribution is 0.0611. The summed E-state index contributed by atoms with van der Waals surface area (Å²) in [5.41, 5.74) is 7.45. The van der Waals surface area contributed by atoms with Crippen molar-refractivity contribution in [1.82, 2.24) is 9.55 Å².